The standard InChI is InChI=1S/C23H21FN2O5S/c24-21-11-6-17(16-22(21)32(28,29)26-12-14-30-15-13-26)23(27)25-18-7-9-20(10-8-18)31-19-4-2-1-3-5-19/h1-11,16H,12-15H2,(H,25,27). The summed E-state index contributed by atoms with van der Waals surface area (Å²) >= 11 is 0. The molecular formula is C23H21FN2O5S. The number of nitrogens with zero attached hydrogens (tertiary/aromatic N) is 1. The van der Waals surface area contributed by atoms with Crippen LogP contribution in [0.3, 0.4) is 0 Å². The topological polar surface area (TPSA) is 84.9 Å². The average molecular weight is 456 g/mol. The highest BCUT2D eigenvalue weighted by Gasteiger charge is 2.29. The van der Waals surface area contributed by atoms with E-state index in [1.807, 2.05) is 30.3 Å². The van der Waals surface area contributed by atoms with Crippen molar-refractivity contribution in [1.82, 2.24) is 4.31 Å². The number of rotatable bonds is 6. The van der Waals surface area contributed by atoms with E-state index < -0.39 is 26.6 Å². The van der Waals surface area contributed by atoms with E-state index in [9.17, 15) is 17.6 Å². The number of benzene rings is 3. The van der Waals surface area contributed by atoms with Gasteiger partial charge in [-0.15, -0.1) is 0 Å². The predicted molar refractivity (Wildman–Crippen MR) is 117 cm³/mol. The molecule has 166 valence electrons. The zero-order valence-electron chi connectivity index (χ0n) is 17.0. The van der Waals surface area contributed by atoms with Gasteiger partial charge in [-0.25, -0.2) is 12.8 Å². The maximum atomic E-state index is 14.4. The van der Waals surface area contributed by atoms with E-state index in [1.165, 1.54) is 6.07 Å². The van der Waals surface area contributed by atoms with Gasteiger partial charge in [0.2, 0.25) is 10.0 Å². The van der Waals surface area contributed by atoms with Gasteiger partial charge in [-0.1, -0.05) is 18.2 Å². The smallest absolute Gasteiger partial charge is 0.255 e. The molecule has 1 saturated heterocycles. The zero-order chi connectivity index (χ0) is 22.6. The first kappa shape index (κ1) is 21.9. The van der Waals surface area contributed by atoms with Crippen molar-refractivity contribution in [2.75, 3.05) is 31.6 Å². The lowest BCUT2D eigenvalue weighted by Gasteiger charge is -2.26. The highest BCUT2D eigenvalue weighted by molar-refractivity contribution is 7.89. The minimum absolute atomic E-state index is 0.0304. The minimum Gasteiger partial charge on any atom is -0.457 e. The van der Waals surface area contributed by atoms with E-state index in [0.717, 1.165) is 16.4 Å². The highest BCUT2D eigenvalue weighted by Crippen LogP contribution is 2.24. The second-order valence-electron chi connectivity index (χ2n) is 7.06. The van der Waals surface area contributed by atoms with Crippen LogP contribution < -0.4 is 10.1 Å². The molecule has 1 fully saturated rings. The summed E-state index contributed by atoms with van der Waals surface area (Å²) in [5.41, 5.74) is 0.514. The van der Waals surface area contributed by atoms with E-state index >= 15 is 0 Å². The van der Waals surface area contributed by atoms with Crippen molar-refractivity contribution in [3.8, 4) is 11.5 Å². The zero-order valence-corrected chi connectivity index (χ0v) is 17.8. The van der Waals surface area contributed by atoms with Gasteiger partial charge in [0.15, 0.2) is 0 Å². The van der Waals surface area contributed by atoms with E-state index in [0.29, 0.717) is 17.2 Å². The molecule has 0 bridgehead atoms. The molecule has 0 unspecified atom stereocenters. The van der Waals surface area contributed by atoms with Gasteiger partial charge in [-0.05, 0) is 54.6 Å². The predicted octanol–water partition coefficient (Wildman–Crippen LogP) is 3.89. The molecule has 3 aromatic carbocycles. The maximum Gasteiger partial charge on any atom is 0.255 e. The summed E-state index contributed by atoms with van der Waals surface area (Å²) in [6.45, 7) is 0.751. The van der Waals surface area contributed by atoms with Crippen LogP contribution in [-0.4, -0.2) is 44.9 Å². The van der Waals surface area contributed by atoms with Gasteiger partial charge in [-0.3, -0.25) is 4.79 Å². The molecule has 0 aliphatic carbocycles. The normalized spacial score (nSPS) is 14.7. The molecule has 7 nitrogen and oxygen atoms in total. The number of para-hydroxylation sites is 1. The molecule has 1 aliphatic heterocycles. The lowest BCUT2D eigenvalue weighted by atomic mass is 10.2. The number of anilines is 1. The lowest BCUT2D eigenvalue weighted by Crippen LogP contribution is -2.41. The third-order valence-corrected chi connectivity index (χ3v) is 6.79. The molecule has 1 heterocycles. The van der Waals surface area contributed by atoms with Gasteiger partial charge >= 0.3 is 0 Å². The van der Waals surface area contributed by atoms with Crippen molar-refractivity contribution in [3.63, 3.8) is 0 Å². The Morgan fingerprint density at radius 2 is 1.59 bits per heavy atom. The first-order chi connectivity index (χ1) is 15.4. The van der Waals surface area contributed by atoms with Gasteiger partial charge in [0.05, 0.1) is 13.2 Å². The summed E-state index contributed by atoms with van der Waals surface area (Å²) in [5, 5.41) is 2.68. The number of ether oxygens (including phenoxy) is 2. The van der Waals surface area contributed by atoms with Crippen molar-refractivity contribution < 1.29 is 27.1 Å². The molecule has 1 aliphatic rings. The quantitative estimate of drug-likeness (QED) is 0.608. The van der Waals surface area contributed by atoms with E-state index in [2.05, 4.69) is 5.32 Å². The maximum absolute atomic E-state index is 14.4. The van der Waals surface area contributed by atoms with Crippen LogP contribution in [0.5, 0.6) is 11.5 Å². The average Bonchev–Trinajstić information content (AvgIpc) is 2.82. The van der Waals surface area contributed by atoms with Gasteiger partial charge in [0, 0.05) is 24.3 Å². The molecular weight excluding hydrogens is 435 g/mol. The summed E-state index contributed by atoms with van der Waals surface area (Å²) in [5.74, 6) is -0.185. The molecule has 0 aromatic heterocycles. The number of halogens is 1. The van der Waals surface area contributed by atoms with Gasteiger partial charge < -0.3 is 14.8 Å². The Bertz CT molecular complexity index is 1190. The molecule has 0 atom stereocenters. The van der Waals surface area contributed by atoms with E-state index in [-0.39, 0.29) is 31.9 Å². The molecule has 32 heavy (non-hydrogen) atoms. The molecule has 3 aromatic rings. The molecule has 1 N–H and O–H groups in total. The second-order valence-corrected chi connectivity index (χ2v) is 8.96. The van der Waals surface area contributed by atoms with Crippen LogP contribution in [0.15, 0.2) is 77.7 Å². The SMILES string of the molecule is O=C(Nc1ccc(Oc2ccccc2)cc1)c1ccc(F)c(S(=O)(=O)N2CCOCC2)c1. The van der Waals surface area contributed by atoms with Crippen LogP contribution in [-0.2, 0) is 14.8 Å². The van der Waals surface area contributed by atoms with Crippen molar-refractivity contribution in [3.05, 3.63) is 84.2 Å². The monoisotopic (exact) mass is 456 g/mol. The number of hydrogen-bond donors (Lipinski definition) is 1. The van der Waals surface area contributed by atoms with E-state index in [4.69, 9.17) is 9.47 Å². The number of nitrogens with one attached hydrogen (secondary N) is 1. The minimum atomic E-state index is -4.08. The van der Waals surface area contributed by atoms with Crippen molar-refractivity contribution >= 4 is 21.6 Å². The van der Waals surface area contributed by atoms with E-state index in [1.54, 1.807) is 24.3 Å². The number of sulfonamides is 1. The lowest BCUT2D eigenvalue weighted by molar-refractivity contribution is 0.0729. The Morgan fingerprint density at radius 1 is 0.938 bits per heavy atom. The number of carbonyl (C=O) groups excluding carboxylic acids is 1. The molecule has 0 spiro atoms. The number of carbonyl (C=O) groups is 1. The summed E-state index contributed by atoms with van der Waals surface area (Å²) in [7, 11) is -4.08. The summed E-state index contributed by atoms with van der Waals surface area (Å²) in [6.07, 6.45) is 0. The summed E-state index contributed by atoms with van der Waals surface area (Å²) in [4.78, 5) is 12.1. The fraction of sp³-hybridized carbons (Fsp3) is 0.174. The highest BCUT2D eigenvalue weighted by atomic mass is 32.2. The van der Waals surface area contributed by atoms with Crippen LogP contribution >= 0.6 is 0 Å². The molecule has 1 amide bonds. The summed E-state index contributed by atoms with van der Waals surface area (Å²) < 4.78 is 52.0. The van der Waals surface area contributed by atoms with Crippen LogP contribution in [0.4, 0.5) is 10.1 Å². The van der Waals surface area contributed by atoms with Crippen LogP contribution in [0.1, 0.15) is 10.4 Å². The van der Waals surface area contributed by atoms with Gasteiger partial charge in [0.25, 0.3) is 5.91 Å². The number of hydrogen-bond acceptors (Lipinski definition) is 5. The van der Waals surface area contributed by atoms with Crippen LogP contribution in [0, 0.1) is 5.82 Å². The second kappa shape index (κ2) is 9.47. The third-order valence-electron chi connectivity index (χ3n) is 4.87. The fourth-order valence-corrected chi connectivity index (χ4v) is 4.70. The van der Waals surface area contributed by atoms with Gasteiger partial charge in [0.1, 0.15) is 22.2 Å². The van der Waals surface area contributed by atoms with Crippen LogP contribution in [0.25, 0.3) is 0 Å². The first-order valence-electron chi connectivity index (χ1n) is 9.95. The third kappa shape index (κ3) is 4.96. The largest absolute Gasteiger partial charge is 0.457 e. The number of morpholine rings is 1. The molecule has 4 rings (SSSR count). The van der Waals surface area contributed by atoms with Gasteiger partial charge in [-0.2, -0.15) is 4.31 Å². The van der Waals surface area contributed by atoms with Crippen molar-refractivity contribution in [2.45, 2.75) is 4.90 Å². The van der Waals surface area contributed by atoms with Crippen molar-refractivity contribution in [1.29, 1.82) is 0 Å². The van der Waals surface area contributed by atoms with Crippen molar-refractivity contribution in [2.24, 2.45) is 0 Å². The fourth-order valence-electron chi connectivity index (χ4n) is 3.20. The molecule has 0 saturated carbocycles. The van der Waals surface area contributed by atoms with Crippen LogP contribution in [0.2, 0.25) is 0 Å². The Balaban J connectivity index is 1.48. The summed E-state index contributed by atoms with van der Waals surface area (Å²) in [6, 6.07) is 19.3. The Hall–Kier alpha value is -3.27. The Labute approximate surface area is 185 Å². The molecule has 9 heteroatoms. The first-order valence-corrected chi connectivity index (χ1v) is 11.4. The molecule has 0 radical (unpaired) electrons. The Kier molecular flexibility index (Phi) is 6.50. The number of amides is 1. The Morgan fingerprint density at radius 3 is 2.28 bits per heavy atom.